The molecule has 0 radical (unpaired) electrons. The molecule has 164 valence electrons. The normalized spacial score (nSPS) is 14.3. The summed E-state index contributed by atoms with van der Waals surface area (Å²) in [5.41, 5.74) is 1.88. The second-order valence-corrected chi connectivity index (χ2v) is 8.55. The summed E-state index contributed by atoms with van der Waals surface area (Å²) in [6.07, 6.45) is 0.304. The molecule has 3 aromatic rings. The first-order chi connectivity index (χ1) is 15.1. The van der Waals surface area contributed by atoms with Gasteiger partial charge in [-0.05, 0) is 37.4 Å². The Morgan fingerprint density at radius 1 is 1.06 bits per heavy atom. The van der Waals surface area contributed by atoms with Crippen LogP contribution in [0.5, 0.6) is 0 Å². The Labute approximate surface area is 186 Å². The number of carbonyl (C=O) groups excluding carboxylic acids is 1. The molecule has 0 spiro atoms. The third-order valence-electron chi connectivity index (χ3n) is 5.89. The Kier molecular flexibility index (Phi) is 6.56. The average molecular weight is 440 g/mol. The molecule has 0 N–H and O–H groups in total. The van der Waals surface area contributed by atoms with Gasteiger partial charge in [-0.1, -0.05) is 18.2 Å². The van der Waals surface area contributed by atoms with Gasteiger partial charge in [0.1, 0.15) is 4.70 Å². The largest absolute Gasteiger partial charge is 0.368 e. The van der Waals surface area contributed by atoms with Gasteiger partial charge in [-0.25, -0.2) is 4.98 Å². The first-order valence-corrected chi connectivity index (χ1v) is 11.8. The van der Waals surface area contributed by atoms with E-state index in [0.717, 1.165) is 31.7 Å². The van der Waals surface area contributed by atoms with Crippen molar-refractivity contribution in [2.45, 2.75) is 26.8 Å². The number of rotatable bonds is 7. The maximum atomic E-state index is 13.1. The van der Waals surface area contributed by atoms with Gasteiger partial charge in [0.25, 0.3) is 5.56 Å². The molecule has 8 heteroatoms. The van der Waals surface area contributed by atoms with Crippen LogP contribution in [0.25, 0.3) is 10.2 Å². The van der Waals surface area contributed by atoms with E-state index < -0.39 is 0 Å². The smallest absolute Gasteiger partial charge is 0.272 e. The number of nitrogens with zero attached hydrogens (tertiary/aromatic N) is 5. The molecule has 1 amide bonds. The molecule has 1 aromatic carbocycles. The van der Waals surface area contributed by atoms with Crippen molar-refractivity contribution in [1.82, 2.24) is 14.5 Å². The van der Waals surface area contributed by atoms with Gasteiger partial charge in [-0.2, -0.15) is 0 Å². The number of piperazine rings is 1. The van der Waals surface area contributed by atoms with E-state index >= 15 is 0 Å². The van der Waals surface area contributed by atoms with Crippen molar-refractivity contribution in [3.8, 4) is 0 Å². The fourth-order valence-electron chi connectivity index (χ4n) is 4.10. The van der Waals surface area contributed by atoms with Crippen LogP contribution in [0.4, 0.5) is 11.6 Å². The van der Waals surface area contributed by atoms with Gasteiger partial charge in [-0.3, -0.25) is 14.2 Å². The minimum absolute atomic E-state index is 0.0522. The third kappa shape index (κ3) is 4.44. The zero-order chi connectivity index (χ0) is 21.8. The Morgan fingerprint density at radius 2 is 1.77 bits per heavy atom. The number of thiophene rings is 1. The number of amides is 1. The van der Waals surface area contributed by atoms with Gasteiger partial charge >= 0.3 is 0 Å². The molecule has 31 heavy (non-hydrogen) atoms. The van der Waals surface area contributed by atoms with Gasteiger partial charge in [0.15, 0.2) is 0 Å². The Bertz CT molecular complexity index is 1080. The summed E-state index contributed by atoms with van der Waals surface area (Å²) < 4.78 is 2.34. The minimum atomic E-state index is -0.0522. The zero-order valence-electron chi connectivity index (χ0n) is 18.2. The Morgan fingerprint density at radius 3 is 2.45 bits per heavy atom. The summed E-state index contributed by atoms with van der Waals surface area (Å²) in [5.74, 6) is 0.749. The SMILES string of the molecule is CCN(CC)c1nc2ccsc2c(=O)n1CCC(=O)N1CCN(c2ccccc2)CC1. The molecule has 2 aromatic heterocycles. The lowest BCUT2D eigenvalue weighted by Gasteiger charge is -2.36. The molecule has 1 fully saturated rings. The van der Waals surface area contributed by atoms with E-state index in [1.54, 1.807) is 4.57 Å². The van der Waals surface area contributed by atoms with E-state index in [-0.39, 0.29) is 11.5 Å². The molecule has 0 bridgehead atoms. The van der Waals surface area contributed by atoms with Crippen molar-refractivity contribution in [2.24, 2.45) is 0 Å². The highest BCUT2D eigenvalue weighted by atomic mass is 32.1. The van der Waals surface area contributed by atoms with E-state index in [9.17, 15) is 9.59 Å². The lowest BCUT2D eigenvalue weighted by Crippen LogP contribution is -2.49. The van der Waals surface area contributed by atoms with E-state index in [4.69, 9.17) is 4.98 Å². The van der Waals surface area contributed by atoms with E-state index in [1.165, 1.54) is 17.0 Å². The molecule has 0 unspecified atom stereocenters. The van der Waals surface area contributed by atoms with Crippen molar-refractivity contribution in [1.29, 1.82) is 0 Å². The Balaban J connectivity index is 1.45. The van der Waals surface area contributed by atoms with Gasteiger partial charge < -0.3 is 14.7 Å². The Hall–Kier alpha value is -2.87. The summed E-state index contributed by atoms with van der Waals surface area (Å²) in [6.45, 7) is 9.02. The maximum absolute atomic E-state index is 13.1. The molecule has 0 atom stereocenters. The number of fused-ring (bicyclic) bond motifs is 1. The lowest BCUT2D eigenvalue weighted by molar-refractivity contribution is -0.131. The minimum Gasteiger partial charge on any atom is -0.368 e. The fourth-order valence-corrected chi connectivity index (χ4v) is 4.88. The fraction of sp³-hybridized carbons (Fsp3) is 0.435. The number of benzene rings is 1. The summed E-state index contributed by atoms with van der Waals surface area (Å²) in [5, 5.41) is 1.90. The first kappa shape index (κ1) is 21.4. The quantitative estimate of drug-likeness (QED) is 0.566. The lowest BCUT2D eigenvalue weighted by atomic mass is 10.2. The van der Waals surface area contributed by atoms with E-state index in [1.807, 2.05) is 34.5 Å². The highest BCUT2D eigenvalue weighted by Crippen LogP contribution is 2.20. The molecular weight excluding hydrogens is 410 g/mol. The van der Waals surface area contributed by atoms with Crippen LogP contribution in [0, 0.1) is 0 Å². The molecule has 1 aliphatic heterocycles. The number of hydrogen-bond donors (Lipinski definition) is 0. The predicted molar refractivity (Wildman–Crippen MR) is 127 cm³/mol. The molecule has 3 heterocycles. The van der Waals surface area contributed by atoms with Gasteiger partial charge in [-0.15, -0.1) is 11.3 Å². The van der Waals surface area contributed by atoms with Crippen LogP contribution >= 0.6 is 11.3 Å². The molecule has 1 saturated heterocycles. The summed E-state index contributed by atoms with van der Waals surface area (Å²) in [6, 6.07) is 12.2. The first-order valence-electron chi connectivity index (χ1n) is 10.9. The van der Waals surface area contributed by atoms with Crippen molar-refractivity contribution in [3.63, 3.8) is 0 Å². The molecule has 7 nitrogen and oxygen atoms in total. The average Bonchev–Trinajstić information content (AvgIpc) is 3.29. The second-order valence-electron chi connectivity index (χ2n) is 7.63. The second kappa shape index (κ2) is 9.51. The molecule has 0 aliphatic carbocycles. The number of para-hydroxylation sites is 1. The van der Waals surface area contributed by atoms with Gasteiger partial charge in [0.2, 0.25) is 11.9 Å². The molecule has 0 saturated carbocycles. The topological polar surface area (TPSA) is 61.7 Å². The van der Waals surface area contributed by atoms with Crippen molar-refractivity contribution in [2.75, 3.05) is 49.1 Å². The molecular formula is C23H29N5O2S. The number of carbonyl (C=O) groups is 1. The van der Waals surface area contributed by atoms with Crippen molar-refractivity contribution >= 4 is 39.1 Å². The predicted octanol–water partition coefficient (Wildman–Crippen LogP) is 3.04. The number of anilines is 2. The van der Waals surface area contributed by atoms with Crippen LogP contribution in [0.1, 0.15) is 20.3 Å². The van der Waals surface area contributed by atoms with Gasteiger partial charge in [0.05, 0.1) is 5.52 Å². The number of hydrogen-bond acceptors (Lipinski definition) is 6. The van der Waals surface area contributed by atoms with Crippen LogP contribution in [0.15, 0.2) is 46.6 Å². The highest BCUT2D eigenvalue weighted by molar-refractivity contribution is 7.17. The summed E-state index contributed by atoms with van der Waals surface area (Å²) in [7, 11) is 0. The number of aromatic nitrogens is 2. The molecule has 4 rings (SSSR count). The van der Waals surface area contributed by atoms with Crippen LogP contribution in [0.2, 0.25) is 0 Å². The maximum Gasteiger partial charge on any atom is 0.272 e. The zero-order valence-corrected chi connectivity index (χ0v) is 19.0. The van der Waals surface area contributed by atoms with E-state index in [2.05, 4.69) is 35.8 Å². The summed E-state index contributed by atoms with van der Waals surface area (Å²) >= 11 is 1.41. The monoisotopic (exact) mass is 439 g/mol. The summed E-state index contributed by atoms with van der Waals surface area (Å²) in [4.78, 5) is 37.1. The highest BCUT2D eigenvalue weighted by Gasteiger charge is 2.22. The molecule has 1 aliphatic rings. The van der Waals surface area contributed by atoms with Crippen molar-refractivity contribution in [3.05, 3.63) is 52.1 Å². The standard InChI is InChI=1S/C23H29N5O2S/c1-3-25(4-2)23-24-19-11-17-31-21(19)22(30)28(23)12-10-20(29)27-15-13-26(14-16-27)18-8-6-5-7-9-18/h5-9,11,17H,3-4,10,12-16H2,1-2H3. The van der Waals surface area contributed by atoms with Crippen LogP contribution in [-0.4, -0.2) is 59.6 Å². The van der Waals surface area contributed by atoms with Gasteiger partial charge in [0, 0.05) is 57.9 Å². The van der Waals surface area contributed by atoms with Crippen LogP contribution in [0.3, 0.4) is 0 Å². The van der Waals surface area contributed by atoms with Crippen molar-refractivity contribution < 1.29 is 4.79 Å². The van der Waals surface area contributed by atoms with Crippen LogP contribution < -0.4 is 15.4 Å². The third-order valence-corrected chi connectivity index (χ3v) is 6.79. The van der Waals surface area contributed by atoms with Crippen LogP contribution in [-0.2, 0) is 11.3 Å². The van der Waals surface area contributed by atoms with E-state index in [0.29, 0.717) is 36.7 Å².